The van der Waals surface area contributed by atoms with E-state index < -0.39 is 0 Å². The van der Waals surface area contributed by atoms with E-state index >= 15 is 0 Å². The van der Waals surface area contributed by atoms with Crippen LogP contribution in [0.5, 0.6) is 0 Å². The van der Waals surface area contributed by atoms with Gasteiger partial charge < -0.3 is 15.1 Å². The fourth-order valence-electron chi connectivity index (χ4n) is 4.44. The van der Waals surface area contributed by atoms with Crippen molar-refractivity contribution in [2.45, 2.75) is 52.1 Å². The second kappa shape index (κ2) is 9.93. The van der Waals surface area contributed by atoms with Crippen molar-refractivity contribution in [2.24, 2.45) is 10.4 Å². The molecule has 0 amide bonds. The zero-order valence-corrected chi connectivity index (χ0v) is 19.0. The van der Waals surface area contributed by atoms with Gasteiger partial charge in [0.2, 0.25) is 0 Å². The Balaban J connectivity index is 0.00000243. The van der Waals surface area contributed by atoms with E-state index in [1.807, 2.05) is 0 Å². The van der Waals surface area contributed by atoms with Crippen LogP contribution in [0, 0.1) is 5.41 Å². The minimum Gasteiger partial charge on any atom is -0.357 e. The number of likely N-dealkylation sites (tertiary alicyclic amines) is 1. The van der Waals surface area contributed by atoms with Crippen LogP contribution in [-0.2, 0) is 13.1 Å². The largest absolute Gasteiger partial charge is 0.357 e. The molecule has 0 bridgehead atoms. The molecule has 4 nitrogen and oxygen atoms in total. The monoisotopic (exact) mass is 470 g/mol. The molecule has 1 saturated carbocycles. The Hall–Kier alpha value is -0.820. The van der Waals surface area contributed by atoms with Gasteiger partial charge in [-0.15, -0.1) is 24.0 Å². The summed E-state index contributed by atoms with van der Waals surface area (Å²) in [6.07, 6.45) is 7.00. The zero-order chi connectivity index (χ0) is 17.7. The Morgan fingerprint density at radius 1 is 1.15 bits per heavy atom. The molecule has 0 atom stereocenters. The first-order chi connectivity index (χ1) is 12.1. The third kappa shape index (κ3) is 5.35. The predicted molar refractivity (Wildman–Crippen MR) is 121 cm³/mol. The first-order valence-corrected chi connectivity index (χ1v) is 9.87. The number of nitrogens with zero attached hydrogens (tertiary/aromatic N) is 3. The van der Waals surface area contributed by atoms with Crippen LogP contribution in [0.25, 0.3) is 0 Å². The van der Waals surface area contributed by atoms with Gasteiger partial charge in [0.1, 0.15) is 0 Å². The van der Waals surface area contributed by atoms with E-state index in [2.05, 4.69) is 60.4 Å². The molecule has 1 spiro atoms. The number of aliphatic imine (C=N–C) groups is 1. The Bertz CT molecular complexity index is 593. The second-order valence-corrected chi connectivity index (χ2v) is 8.06. The van der Waals surface area contributed by atoms with Gasteiger partial charge in [0, 0.05) is 26.2 Å². The van der Waals surface area contributed by atoms with Crippen molar-refractivity contribution >= 4 is 29.9 Å². The maximum absolute atomic E-state index is 5.00. The molecule has 1 aromatic carbocycles. The molecule has 1 aromatic rings. The van der Waals surface area contributed by atoms with Gasteiger partial charge in [0.25, 0.3) is 0 Å². The number of halogens is 1. The molecule has 1 heterocycles. The van der Waals surface area contributed by atoms with E-state index in [0.717, 1.165) is 32.1 Å². The molecule has 1 saturated heterocycles. The van der Waals surface area contributed by atoms with Crippen molar-refractivity contribution in [1.82, 2.24) is 15.1 Å². The lowest BCUT2D eigenvalue weighted by Crippen LogP contribution is -2.41. The minimum atomic E-state index is 0. The number of rotatable bonds is 5. The van der Waals surface area contributed by atoms with E-state index in [1.54, 1.807) is 0 Å². The van der Waals surface area contributed by atoms with Gasteiger partial charge in [0.05, 0.1) is 6.54 Å². The lowest BCUT2D eigenvalue weighted by Gasteiger charge is -2.26. The van der Waals surface area contributed by atoms with Crippen molar-refractivity contribution in [3.63, 3.8) is 0 Å². The van der Waals surface area contributed by atoms with Crippen LogP contribution in [0.4, 0.5) is 0 Å². The number of nitrogens with one attached hydrogen (secondary N) is 1. The summed E-state index contributed by atoms with van der Waals surface area (Å²) in [6, 6.07) is 8.69. The Morgan fingerprint density at radius 2 is 1.85 bits per heavy atom. The summed E-state index contributed by atoms with van der Waals surface area (Å²) in [4.78, 5) is 9.72. The smallest absolute Gasteiger partial charge is 0.194 e. The highest BCUT2D eigenvalue weighted by molar-refractivity contribution is 14.0. The van der Waals surface area contributed by atoms with E-state index in [0.29, 0.717) is 5.41 Å². The number of hydrogen-bond acceptors (Lipinski definition) is 2. The quantitative estimate of drug-likeness (QED) is 0.400. The molecule has 1 aliphatic carbocycles. The van der Waals surface area contributed by atoms with Gasteiger partial charge in [-0.05, 0) is 56.8 Å². The van der Waals surface area contributed by atoms with E-state index in [1.165, 1.54) is 49.8 Å². The summed E-state index contributed by atoms with van der Waals surface area (Å²) in [5.41, 5.74) is 3.29. The summed E-state index contributed by atoms with van der Waals surface area (Å²) < 4.78 is 0. The van der Waals surface area contributed by atoms with Crippen LogP contribution in [0.2, 0.25) is 0 Å². The molecule has 1 N–H and O–H groups in total. The fraction of sp³-hybridized carbons (Fsp3) is 0.667. The van der Waals surface area contributed by atoms with Crippen LogP contribution in [0.15, 0.2) is 29.3 Å². The van der Waals surface area contributed by atoms with Crippen LogP contribution >= 0.6 is 24.0 Å². The third-order valence-corrected chi connectivity index (χ3v) is 5.74. The van der Waals surface area contributed by atoms with Crippen molar-refractivity contribution in [3.8, 4) is 0 Å². The van der Waals surface area contributed by atoms with E-state index in [9.17, 15) is 0 Å². The third-order valence-electron chi connectivity index (χ3n) is 5.74. The zero-order valence-electron chi connectivity index (χ0n) is 16.6. The van der Waals surface area contributed by atoms with Crippen molar-refractivity contribution in [1.29, 1.82) is 0 Å². The normalized spacial score (nSPS) is 19.2. The van der Waals surface area contributed by atoms with Crippen LogP contribution < -0.4 is 5.32 Å². The molecule has 146 valence electrons. The standard InChI is InChI=1S/C21H34N4.HI/c1-4-22-20(25-14-13-21(17-25)11-7-8-12-21)23-15-18-9-5-6-10-19(18)16-24(2)3;/h5-6,9-10H,4,7-8,11-17H2,1-3H3,(H,22,23);1H. The molecule has 0 radical (unpaired) electrons. The molecule has 2 aliphatic rings. The summed E-state index contributed by atoms with van der Waals surface area (Å²) in [5.74, 6) is 1.10. The Kier molecular flexibility index (Phi) is 8.20. The van der Waals surface area contributed by atoms with Gasteiger partial charge in [-0.3, -0.25) is 0 Å². The highest BCUT2D eigenvalue weighted by Crippen LogP contribution is 2.45. The van der Waals surface area contributed by atoms with Crippen molar-refractivity contribution in [3.05, 3.63) is 35.4 Å². The summed E-state index contributed by atoms with van der Waals surface area (Å²) in [7, 11) is 4.24. The fourth-order valence-corrected chi connectivity index (χ4v) is 4.44. The second-order valence-electron chi connectivity index (χ2n) is 8.06. The molecule has 0 aromatic heterocycles. The average molecular weight is 470 g/mol. The van der Waals surface area contributed by atoms with Crippen LogP contribution in [-0.4, -0.2) is 49.5 Å². The molecule has 2 fully saturated rings. The maximum Gasteiger partial charge on any atom is 0.194 e. The van der Waals surface area contributed by atoms with Gasteiger partial charge in [0.15, 0.2) is 5.96 Å². The minimum absolute atomic E-state index is 0. The topological polar surface area (TPSA) is 30.9 Å². The van der Waals surface area contributed by atoms with Crippen molar-refractivity contribution in [2.75, 3.05) is 33.7 Å². The lowest BCUT2D eigenvalue weighted by atomic mass is 9.86. The first kappa shape index (κ1) is 21.5. The van der Waals surface area contributed by atoms with Crippen molar-refractivity contribution < 1.29 is 0 Å². The predicted octanol–water partition coefficient (Wildman–Crippen LogP) is 4.10. The van der Waals surface area contributed by atoms with Gasteiger partial charge >= 0.3 is 0 Å². The highest BCUT2D eigenvalue weighted by Gasteiger charge is 2.41. The first-order valence-electron chi connectivity index (χ1n) is 9.87. The molecule has 26 heavy (non-hydrogen) atoms. The molecule has 0 unspecified atom stereocenters. The molecular formula is C21H35IN4. The highest BCUT2D eigenvalue weighted by atomic mass is 127. The van der Waals surface area contributed by atoms with Gasteiger partial charge in [-0.2, -0.15) is 0 Å². The Morgan fingerprint density at radius 3 is 2.50 bits per heavy atom. The van der Waals surface area contributed by atoms with Crippen LogP contribution in [0.3, 0.4) is 0 Å². The average Bonchev–Trinajstić information content (AvgIpc) is 3.22. The molecule has 1 aliphatic heterocycles. The van der Waals surface area contributed by atoms with E-state index in [4.69, 9.17) is 4.99 Å². The van der Waals surface area contributed by atoms with E-state index in [-0.39, 0.29) is 24.0 Å². The molecular weight excluding hydrogens is 435 g/mol. The maximum atomic E-state index is 5.00. The number of benzene rings is 1. The number of guanidine groups is 1. The molecule has 3 rings (SSSR count). The SMILES string of the molecule is CCNC(=NCc1ccccc1CN(C)C)N1CCC2(CCCC2)C1.I. The molecule has 5 heteroatoms. The Labute approximate surface area is 176 Å². The number of hydrogen-bond donors (Lipinski definition) is 1. The lowest BCUT2D eigenvalue weighted by molar-refractivity contribution is 0.309. The summed E-state index contributed by atoms with van der Waals surface area (Å²) >= 11 is 0. The summed E-state index contributed by atoms with van der Waals surface area (Å²) in [6.45, 7) is 7.17. The van der Waals surface area contributed by atoms with Gasteiger partial charge in [-0.25, -0.2) is 4.99 Å². The van der Waals surface area contributed by atoms with Crippen LogP contribution in [0.1, 0.15) is 50.2 Å². The van der Waals surface area contributed by atoms with Gasteiger partial charge in [-0.1, -0.05) is 37.1 Å². The summed E-state index contributed by atoms with van der Waals surface area (Å²) in [5, 5.41) is 3.53.